The van der Waals surface area contributed by atoms with Crippen LogP contribution >= 0.6 is 0 Å². The molecule has 1 fully saturated rings. The number of ether oxygens (including phenoxy) is 2. The normalized spacial score (nSPS) is 15.2. The van der Waals surface area contributed by atoms with E-state index >= 15 is 0 Å². The number of anilines is 1. The van der Waals surface area contributed by atoms with Crippen molar-refractivity contribution in [3.63, 3.8) is 0 Å². The van der Waals surface area contributed by atoms with Gasteiger partial charge in [-0.2, -0.15) is 44.6 Å². The monoisotopic (exact) mass is 775 g/mol. The van der Waals surface area contributed by atoms with Crippen LogP contribution in [0.4, 0.5) is 45.2 Å². The molecule has 3 aromatic rings. The Morgan fingerprint density at radius 2 is 1.40 bits per heavy atom. The number of alkyl halides is 9. The van der Waals surface area contributed by atoms with Gasteiger partial charge in [0.05, 0.1) is 31.6 Å². The summed E-state index contributed by atoms with van der Waals surface area (Å²) in [6.07, 6.45) is -11.0. The molecule has 2 aliphatic rings. The molecule has 1 aromatic heterocycles. The molecular weight excluding hydrogens is 745 g/mol. The van der Waals surface area contributed by atoms with Crippen molar-refractivity contribution >= 4 is 29.5 Å². The lowest BCUT2D eigenvalue weighted by atomic mass is 9.95. The van der Waals surface area contributed by atoms with E-state index in [1.165, 1.54) is 5.56 Å². The number of hydrogen-bond donors (Lipinski definition) is 7. The average molecular weight is 776 g/mol. The molecule has 3 heterocycles. The standard InChI is InChI=1S/C24H27N5O3.3C2HF3O2/c1-31-20-4-2-17-11-26-22(7-18(17)6-20)24(30)29-21-5-3-16(19-12-27-28-13-19)8-23(21)32-14-15-9-25-10-15;3*3-2(4,5)1(6)7/h2-6,8,12-13,15,22,25-26H,7,9-11,14H2,1H3,(H,27,28)(H,29,30);3*(H,6,7)/t22-;;;/m1.../s1. The van der Waals surface area contributed by atoms with Gasteiger partial charge in [0.1, 0.15) is 11.5 Å². The van der Waals surface area contributed by atoms with E-state index in [9.17, 15) is 44.3 Å². The van der Waals surface area contributed by atoms with E-state index in [0.29, 0.717) is 36.9 Å². The summed E-state index contributed by atoms with van der Waals surface area (Å²) in [6.45, 7) is 3.17. The molecule has 23 heteroatoms. The SMILES string of the molecule is COc1ccc2c(c1)C[C@H](C(=O)Nc1ccc(-c3cn[nH]c3)cc1OCC1CNC1)NC2.O=C(O)C(F)(F)F.O=C(O)C(F)(F)F.O=C(O)C(F)(F)F. The van der Waals surface area contributed by atoms with Crippen LogP contribution in [-0.2, 0) is 32.1 Å². The van der Waals surface area contributed by atoms with Crippen LogP contribution in [0, 0.1) is 5.92 Å². The highest BCUT2D eigenvalue weighted by atomic mass is 19.4. The highest BCUT2D eigenvalue weighted by Gasteiger charge is 2.39. The largest absolute Gasteiger partial charge is 0.497 e. The molecule has 0 bridgehead atoms. The summed E-state index contributed by atoms with van der Waals surface area (Å²) in [5.41, 5.74) is 4.95. The summed E-state index contributed by atoms with van der Waals surface area (Å²) in [5, 5.41) is 37.9. The van der Waals surface area contributed by atoms with Gasteiger partial charge in [0.15, 0.2) is 0 Å². The molecule has 0 aliphatic carbocycles. The van der Waals surface area contributed by atoms with Gasteiger partial charge in [-0.1, -0.05) is 12.1 Å². The van der Waals surface area contributed by atoms with Gasteiger partial charge in [0.25, 0.3) is 0 Å². The summed E-state index contributed by atoms with van der Waals surface area (Å²) >= 11 is 0. The Morgan fingerprint density at radius 1 is 0.830 bits per heavy atom. The van der Waals surface area contributed by atoms with Gasteiger partial charge in [0.2, 0.25) is 5.91 Å². The van der Waals surface area contributed by atoms with E-state index in [1.54, 1.807) is 13.3 Å². The van der Waals surface area contributed by atoms with Gasteiger partial charge in [-0.3, -0.25) is 9.89 Å². The number of benzene rings is 2. The number of halogens is 9. The van der Waals surface area contributed by atoms with Crippen LogP contribution in [0.15, 0.2) is 48.8 Å². The number of nitrogens with one attached hydrogen (secondary N) is 4. The van der Waals surface area contributed by atoms with Crippen LogP contribution in [0.3, 0.4) is 0 Å². The van der Waals surface area contributed by atoms with Crippen LogP contribution in [0.25, 0.3) is 11.1 Å². The number of methoxy groups -OCH3 is 1. The topological polar surface area (TPSA) is 212 Å². The van der Waals surface area contributed by atoms with Gasteiger partial charge in [-0.05, 0) is 47.4 Å². The minimum Gasteiger partial charge on any atom is -0.497 e. The third-order valence-corrected chi connectivity index (χ3v) is 6.83. The number of aromatic nitrogens is 2. The van der Waals surface area contributed by atoms with Gasteiger partial charge in [-0.15, -0.1) is 0 Å². The molecule has 1 amide bonds. The second kappa shape index (κ2) is 18.8. The number of fused-ring (bicyclic) bond motifs is 1. The molecule has 14 nitrogen and oxygen atoms in total. The Kier molecular flexibility index (Phi) is 15.4. The van der Waals surface area contributed by atoms with Crippen LogP contribution < -0.4 is 25.4 Å². The first-order chi connectivity index (χ1) is 24.5. The van der Waals surface area contributed by atoms with Crippen molar-refractivity contribution in [1.82, 2.24) is 20.8 Å². The lowest BCUT2D eigenvalue weighted by Crippen LogP contribution is -2.45. The molecule has 0 radical (unpaired) electrons. The Balaban J connectivity index is 0.000000379. The maximum atomic E-state index is 13.1. The van der Waals surface area contributed by atoms with E-state index in [2.05, 4.69) is 26.1 Å². The zero-order valence-electron chi connectivity index (χ0n) is 26.9. The number of amides is 1. The first kappa shape index (κ1) is 43.6. The van der Waals surface area contributed by atoms with Crippen molar-refractivity contribution < 1.29 is 83.5 Å². The lowest BCUT2D eigenvalue weighted by Gasteiger charge is -2.28. The maximum absolute atomic E-state index is 13.1. The molecule has 0 saturated carbocycles. The van der Waals surface area contributed by atoms with Gasteiger partial charge in [-0.25, -0.2) is 14.4 Å². The summed E-state index contributed by atoms with van der Waals surface area (Å²) in [5.74, 6) is -6.39. The summed E-state index contributed by atoms with van der Waals surface area (Å²) < 4.78 is 107. The highest BCUT2D eigenvalue weighted by molar-refractivity contribution is 5.97. The van der Waals surface area contributed by atoms with Gasteiger partial charge in [0, 0.05) is 37.3 Å². The predicted molar refractivity (Wildman–Crippen MR) is 163 cm³/mol. The third-order valence-electron chi connectivity index (χ3n) is 6.83. The Morgan fingerprint density at radius 3 is 1.85 bits per heavy atom. The fraction of sp³-hybridized carbons (Fsp3) is 0.367. The number of hydrogen-bond acceptors (Lipinski definition) is 9. The van der Waals surface area contributed by atoms with Crippen LogP contribution in [0.2, 0.25) is 0 Å². The Hall–Kier alpha value is -5.58. The number of carbonyl (C=O) groups is 4. The Bertz CT molecular complexity index is 1640. The van der Waals surface area contributed by atoms with Crippen LogP contribution in [0.1, 0.15) is 11.1 Å². The first-order valence-corrected chi connectivity index (χ1v) is 14.6. The second-order valence-corrected chi connectivity index (χ2v) is 10.7. The van der Waals surface area contributed by atoms with E-state index < -0.39 is 36.4 Å². The maximum Gasteiger partial charge on any atom is 0.490 e. The molecule has 53 heavy (non-hydrogen) atoms. The van der Waals surface area contributed by atoms with Crippen molar-refractivity contribution in [3.8, 4) is 22.6 Å². The molecule has 1 saturated heterocycles. The lowest BCUT2D eigenvalue weighted by molar-refractivity contribution is -0.193. The van der Waals surface area contributed by atoms with Crippen LogP contribution in [-0.4, -0.2) is 101 Å². The van der Waals surface area contributed by atoms with Crippen molar-refractivity contribution in [2.45, 2.75) is 37.5 Å². The highest BCUT2D eigenvalue weighted by Crippen LogP contribution is 2.32. The molecule has 0 unspecified atom stereocenters. The molecule has 2 aliphatic heterocycles. The fourth-order valence-electron chi connectivity index (χ4n) is 4.03. The summed E-state index contributed by atoms with van der Waals surface area (Å²) in [6, 6.07) is 11.5. The second-order valence-electron chi connectivity index (χ2n) is 10.7. The molecule has 5 rings (SSSR count). The van der Waals surface area contributed by atoms with E-state index in [-0.39, 0.29) is 11.9 Å². The molecule has 1 atom stereocenters. The Labute approximate surface area is 292 Å². The molecular formula is C30H30F9N5O9. The van der Waals surface area contributed by atoms with Crippen molar-refractivity contribution in [2.24, 2.45) is 5.92 Å². The number of carboxylic acids is 3. The quantitative estimate of drug-likeness (QED) is 0.168. The zero-order chi connectivity index (χ0) is 40.1. The number of aliphatic carboxylic acids is 3. The molecule has 7 N–H and O–H groups in total. The zero-order valence-corrected chi connectivity index (χ0v) is 26.9. The van der Waals surface area contributed by atoms with Crippen molar-refractivity contribution in [3.05, 3.63) is 59.9 Å². The number of aromatic amines is 1. The summed E-state index contributed by atoms with van der Waals surface area (Å²) in [4.78, 5) is 39.8. The van der Waals surface area contributed by atoms with Gasteiger partial charge >= 0.3 is 36.4 Å². The number of nitrogens with zero attached hydrogens (tertiary/aromatic N) is 1. The smallest absolute Gasteiger partial charge is 0.490 e. The van der Waals surface area contributed by atoms with Gasteiger partial charge < -0.3 is 40.7 Å². The van der Waals surface area contributed by atoms with E-state index in [1.807, 2.05) is 42.6 Å². The molecule has 292 valence electrons. The minimum atomic E-state index is -5.08. The third kappa shape index (κ3) is 14.5. The number of H-pyrrole nitrogens is 1. The average Bonchev–Trinajstić information content (AvgIpc) is 3.59. The number of carbonyl (C=O) groups excluding carboxylic acids is 1. The van der Waals surface area contributed by atoms with Crippen molar-refractivity contribution in [2.75, 3.05) is 32.1 Å². The van der Waals surface area contributed by atoms with Crippen molar-refractivity contribution in [1.29, 1.82) is 0 Å². The molecule has 0 spiro atoms. The predicted octanol–water partition coefficient (Wildman–Crippen LogP) is 4.24. The summed E-state index contributed by atoms with van der Waals surface area (Å²) in [7, 11) is 1.65. The first-order valence-electron chi connectivity index (χ1n) is 14.6. The minimum absolute atomic E-state index is 0.0790. The van der Waals surface area contributed by atoms with E-state index in [0.717, 1.165) is 35.5 Å². The number of rotatable bonds is 7. The fourth-order valence-corrected chi connectivity index (χ4v) is 4.03. The number of carboxylic acid groups (broad SMARTS) is 3. The van der Waals surface area contributed by atoms with E-state index in [4.69, 9.17) is 39.2 Å². The molecule has 2 aromatic carbocycles. The van der Waals surface area contributed by atoms with Crippen LogP contribution in [0.5, 0.6) is 11.5 Å².